The van der Waals surface area contributed by atoms with Crippen molar-refractivity contribution in [1.29, 1.82) is 0 Å². The lowest BCUT2D eigenvalue weighted by Gasteiger charge is -2.23. The second kappa shape index (κ2) is 10.3. The van der Waals surface area contributed by atoms with E-state index in [-0.39, 0.29) is 11.5 Å². The summed E-state index contributed by atoms with van der Waals surface area (Å²) in [6, 6.07) is 11.6. The van der Waals surface area contributed by atoms with Crippen molar-refractivity contribution in [2.24, 2.45) is 7.05 Å². The Labute approximate surface area is 195 Å². The maximum atomic E-state index is 13.5. The SMILES string of the molecule is Cn1ncc(Br)c1-c1cc(NC(=O)c2cccc(F)c2)ccc1OCCC1CCCCN1. The largest absolute Gasteiger partial charge is 0.493 e. The Kier molecular flexibility index (Phi) is 7.22. The lowest BCUT2D eigenvalue weighted by atomic mass is 10.0. The summed E-state index contributed by atoms with van der Waals surface area (Å²) >= 11 is 3.56. The van der Waals surface area contributed by atoms with Crippen LogP contribution in [0.4, 0.5) is 10.1 Å². The molecule has 1 amide bonds. The fourth-order valence-electron chi connectivity index (χ4n) is 3.95. The molecule has 1 saturated heterocycles. The van der Waals surface area contributed by atoms with Crippen LogP contribution >= 0.6 is 15.9 Å². The van der Waals surface area contributed by atoms with E-state index in [9.17, 15) is 9.18 Å². The van der Waals surface area contributed by atoms with Gasteiger partial charge < -0.3 is 15.4 Å². The summed E-state index contributed by atoms with van der Waals surface area (Å²) in [6.07, 6.45) is 6.32. The van der Waals surface area contributed by atoms with E-state index in [0.717, 1.165) is 28.7 Å². The van der Waals surface area contributed by atoms with E-state index in [1.54, 1.807) is 23.0 Å². The van der Waals surface area contributed by atoms with Gasteiger partial charge in [-0.3, -0.25) is 9.48 Å². The summed E-state index contributed by atoms with van der Waals surface area (Å²) < 4.78 is 22.2. The highest BCUT2D eigenvalue weighted by atomic mass is 79.9. The quantitative estimate of drug-likeness (QED) is 0.470. The summed E-state index contributed by atoms with van der Waals surface area (Å²) in [5.41, 5.74) is 2.50. The first kappa shape index (κ1) is 22.5. The Morgan fingerprint density at radius 1 is 1.31 bits per heavy atom. The van der Waals surface area contributed by atoms with Gasteiger partial charge in [0.25, 0.3) is 5.91 Å². The minimum absolute atomic E-state index is 0.258. The number of ether oxygens (including phenoxy) is 1. The first-order valence-corrected chi connectivity index (χ1v) is 11.6. The number of hydrogen-bond acceptors (Lipinski definition) is 4. The van der Waals surface area contributed by atoms with Gasteiger partial charge in [-0.05, 0) is 78.1 Å². The van der Waals surface area contributed by atoms with Gasteiger partial charge in [0.1, 0.15) is 11.6 Å². The van der Waals surface area contributed by atoms with Crippen molar-refractivity contribution in [3.63, 3.8) is 0 Å². The van der Waals surface area contributed by atoms with Crippen LogP contribution in [0.2, 0.25) is 0 Å². The van der Waals surface area contributed by atoms with Crippen LogP contribution in [-0.4, -0.2) is 34.9 Å². The molecule has 168 valence electrons. The predicted octanol–water partition coefficient (Wildman–Crippen LogP) is 5.15. The minimum Gasteiger partial charge on any atom is -0.493 e. The molecule has 6 nitrogen and oxygen atoms in total. The zero-order valence-electron chi connectivity index (χ0n) is 17.9. The number of halogens is 2. The Morgan fingerprint density at radius 3 is 2.91 bits per heavy atom. The van der Waals surface area contributed by atoms with Crippen LogP contribution in [0, 0.1) is 5.82 Å². The summed E-state index contributed by atoms with van der Waals surface area (Å²) in [7, 11) is 1.85. The first-order valence-electron chi connectivity index (χ1n) is 10.8. The zero-order chi connectivity index (χ0) is 22.5. The van der Waals surface area contributed by atoms with Crippen molar-refractivity contribution < 1.29 is 13.9 Å². The summed E-state index contributed by atoms with van der Waals surface area (Å²) in [5.74, 6) is -0.112. The number of nitrogens with one attached hydrogen (secondary N) is 2. The fraction of sp³-hybridized carbons (Fsp3) is 0.333. The zero-order valence-corrected chi connectivity index (χ0v) is 19.5. The molecule has 2 heterocycles. The summed E-state index contributed by atoms with van der Waals surface area (Å²) in [6.45, 7) is 1.66. The molecule has 0 spiro atoms. The third-order valence-corrected chi connectivity index (χ3v) is 6.19. The number of benzene rings is 2. The summed E-state index contributed by atoms with van der Waals surface area (Å²) in [5, 5.41) is 10.7. The van der Waals surface area contributed by atoms with E-state index in [2.05, 4.69) is 31.7 Å². The Bertz CT molecular complexity index is 1080. The van der Waals surface area contributed by atoms with Crippen LogP contribution in [0.5, 0.6) is 5.75 Å². The molecule has 0 radical (unpaired) electrons. The van der Waals surface area contributed by atoms with Gasteiger partial charge >= 0.3 is 0 Å². The average molecular weight is 501 g/mol. The summed E-state index contributed by atoms with van der Waals surface area (Å²) in [4.78, 5) is 12.6. The average Bonchev–Trinajstić information content (AvgIpc) is 3.13. The number of amides is 1. The normalized spacial score (nSPS) is 16.0. The predicted molar refractivity (Wildman–Crippen MR) is 126 cm³/mol. The number of anilines is 1. The highest BCUT2D eigenvalue weighted by Gasteiger charge is 2.18. The van der Waals surface area contributed by atoms with E-state index in [4.69, 9.17) is 4.74 Å². The van der Waals surface area contributed by atoms with Crippen molar-refractivity contribution in [2.45, 2.75) is 31.7 Å². The number of nitrogens with zero attached hydrogens (tertiary/aromatic N) is 2. The standard InChI is InChI=1S/C24H26BrFN4O2/c1-30-23(21(25)15-28-30)20-14-19(29-24(31)16-5-4-6-17(26)13-16)8-9-22(20)32-12-10-18-7-2-3-11-27-18/h4-6,8-9,13-15,18,27H,2-3,7,10-12H2,1H3,(H,29,31). The van der Waals surface area contributed by atoms with Gasteiger partial charge in [0.15, 0.2) is 0 Å². The number of rotatable bonds is 7. The molecule has 32 heavy (non-hydrogen) atoms. The van der Waals surface area contributed by atoms with Crippen LogP contribution in [0.15, 0.2) is 53.1 Å². The van der Waals surface area contributed by atoms with Crippen LogP contribution in [0.3, 0.4) is 0 Å². The molecule has 1 atom stereocenters. The van der Waals surface area contributed by atoms with Crippen molar-refractivity contribution >= 4 is 27.5 Å². The molecule has 4 rings (SSSR count). The molecular formula is C24H26BrFN4O2. The molecule has 1 aromatic heterocycles. The molecule has 1 aliphatic heterocycles. The lowest BCUT2D eigenvalue weighted by molar-refractivity contribution is 0.102. The smallest absolute Gasteiger partial charge is 0.255 e. The second-order valence-electron chi connectivity index (χ2n) is 7.92. The molecule has 8 heteroatoms. The van der Waals surface area contributed by atoms with Crippen molar-refractivity contribution in [3.8, 4) is 17.0 Å². The van der Waals surface area contributed by atoms with Crippen molar-refractivity contribution in [3.05, 3.63) is 64.5 Å². The number of aromatic nitrogens is 2. The monoisotopic (exact) mass is 500 g/mol. The Balaban J connectivity index is 1.55. The molecule has 2 aromatic carbocycles. The maximum Gasteiger partial charge on any atom is 0.255 e. The number of aryl methyl sites for hydroxylation is 1. The highest BCUT2D eigenvalue weighted by molar-refractivity contribution is 9.10. The Hall–Kier alpha value is -2.71. The minimum atomic E-state index is -0.451. The van der Waals surface area contributed by atoms with E-state index >= 15 is 0 Å². The fourth-order valence-corrected chi connectivity index (χ4v) is 4.51. The van der Waals surface area contributed by atoms with Gasteiger partial charge in [0, 0.05) is 29.9 Å². The van der Waals surface area contributed by atoms with Crippen LogP contribution in [0.25, 0.3) is 11.3 Å². The molecule has 1 aliphatic rings. The van der Waals surface area contributed by atoms with Gasteiger partial charge in [-0.2, -0.15) is 5.10 Å². The van der Waals surface area contributed by atoms with Gasteiger partial charge in [0.05, 0.1) is 23.0 Å². The van der Waals surface area contributed by atoms with Gasteiger partial charge in [-0.15, -0.1) is 0 Å². The van der Waals surface area contributed by atoms with Crippen LogP contribution in [0.1, 0.15) is 36.0 Å². The maximum absolute atomic E-state index is 13.5. The van der Waals surface area contributed by atoms with E-state index in [0.29, 0.717) is 24.1 Å². The van der Waals surface area contributed by atoms with Crippen molar-refractivity contribution in [1.82, 2.24) is 15.1 Å². The third kappa shape index (κ3) is 5.37. The molecule has 3 aromatic rings. The van der Waals surface area contributed by atoms with Crippen molar-refractivity contribution in [2.75, 3.05) is 18.5 Å². The first-order chi connectivity index (χ1) is 15.5. The molecular weight excluding hydrogens is 475 g/mol. The van der Waals surface area contributed by atoms with Gasteiger partial charge in [-0.25, -0.2) is 4.39 Å². The Morgan fingerprint density at radius 2 is 2.19 bits per heavy atom. The number of piperidine rings is 1. The molecule has 2 N–H and O–H groups in total. The third-order valence-electron chi connectivity index (χ3n) is 5.61. The molecule has 0 saturated carbocycles. The lowest BCUT2D eigenvalue weighted by Crippen LogP contribution is -2.35. The molecule has 0 aliphatic carbocycles. The van der Waals surface area contributed by atoms with Gasteiger partial charge in [0.2, 0.25) is 0 Å². The van der Waals surface area contributed by atoms with E-state index < -0.39 is 5.82 Å². The van der Waals surface area contributed by atoms with E-state index in [1.807, 2.05) is 19.2 Å². The van der Waals surface area contributed by atoms with E-state index in [1.165, 1.54) is 37.5 Å². The second-order valence-corrected chi connectivity index (χ2v) is 8.78. The number of hydrogen-bond donors (Lipinski definition) is 2. The molecule has 1 fully saturated rings. The molecule has 0 bridgehead atoms. The van der Waals surface area contributed by atoms with Crippen LogP contribution < -0.4 is 15.4 Å². The highest BCUT2D eigenvalue weighted by Crippen LogP contribution is 2.37. The van der Waals surface area contributed by atoms with Crippen LogP contribution in [-0.2, 0) is 7.05 Å². The molecule has 1 unspecified atom stereocenters. The number of carbonyl (C=O) groups is 1. The topological polar surface area (TPSA) is 68.2 Å². The number of carbonyl (C=O) groups excluding carboxylic acids is 1. The van der Waals surface area contributed by atoms with Gasteiger partial charge in [-0.1, -0.05) is 12.5 Å².